The van der Waals surface area contributed by atoms with Crippen LogP contribution in [0.25, 0.3) is 17.1 Å². The van der Waals surface area contributed by atoms with Crippen molar-refractivity contribution in [2.45, 2.75) is 46.6 Å². The van der Waals surface area contributed by atoms with E-state index in [4.69, 9.17) is 9.73 Å². The molecule has 1 aliphatic rings. The number of benzene rings is 3. The summed E-state index contributed by atoms with van der Waals surface area (Å²) >= 11 is 1.24. The Morgan fingerprint density at radius 2 is 1.56 bits per heavy atom. The lowest BCUT2D eigenvalue weighted by Crippen LogP contribution is -2.52. The van der Waals surface area contributed by atoms with E-state index in [9.17, 15) is 22.8 Å². The van der Waals surface area contributed by atoms with Crippen molar-refractivity contribution in [2.24, 2.45) is 10.1 Å². The summed E-state index contributed by atoms with van der Waals surface area (Å²) in [6.07, 6.45) is -2.06. The molecule has 1 aromatic heterocycles. The van der Waals surface area contributed by atoms with E-state index in [0.29, 0.717) is 42.9 Å². The number of halogens is 3. The van der Waals surface area contributed by atoms with E-state index in [2.05, 4.69) is 25.3 Å². The number of alkyl halides is 3. The van der Waals surface area contributed by atoms with E-state index in [1.807, 2.05) is 77.1 Å². The Hall–Kier alpha value is -5.38. The highest BCUT2D eigenvalue weighted by Crippen LogP contribution is 2.26. The first-order valence-corrected chi connectivity index (χ1v) is 17.3. The lowest BCUT2D eigenvalue weighted by atomic mass is 10.1. The summed E-state index contributed by atoms with van der Waals surface area (Å²) < 4.78 is 48.3. The largest absolute Gasteiger partial charge is 0.573 e. The van der Waals surface area contributed by atoms with Gasteiger partial charge in [0.2, 0.25) is 5.91 Å². The number of nitrogens with zero attached hydrogens (tertiary/aromatic N) is 7. The van der Waals surface area contributed by atoms with E-state index in [1.165, 1.54) is 47.0 Å². The van der Waals surface area contributed by atoms with Crippen LogP contribution in [0.5, 0.6) is 5.75 Å². The number of piperazine rings is 1. The molecule has 0 spiro atoms. The zero-order valence-electron chi connectivity index (χ0n) is 29.3. The first kappa shape index (κ1) is 37.9. The molecule has 1 N–H and O–H groups in total. The zero-order valence-corrected chi connectivity index (χ0v) is 30.2. The molecule has 1 aliphatic heterocycles. The maximum absolute atomic E-state index is 13.2. The number of para-hydroxylation sites is 1. The van der Waals surface area contributed by atoms with Gasteiger partial charge in [0.05, 0.1) is 23.3 Å². The van der Waals surface area contributed by atoms with Crippen molar-refractivity contribution in [2.75, 3.05) is 31.9 Å². The van der Waals surface area contributed by atoms with Crippen molar-refractivity contribution in [1.29, 1.82) is 0 Å². The van der Waals surface area contributed by atoms with Crippen LogP contribution in [0.1, 0.15) is 37.5 Å². The third-order valence-electron chi connectivity index (χ3n) is 7.64. The fraction of sp³-hybridized carbons (Fsp3) is 0.333. The molecule has 2 amide bonds. The summed E-state index contributed by atoms with van der Waals surface area (Å²) in [7, 11) is 0. The Kier molecular flexibility index (Phi) is 11.9. The summed E-state index contributed by atoms with van der Waals surface area (Å²) in [6, 6.07) is 18.5. The first-order chi connectivity index (χ1) is 24.6. The van der Waals surface area contributed by atoms with Gasteiger partial charge in [-0.2, -0.15) is 5.10 Å². The topological polar surface area (TPSA) is 127 Å². The number of hydrazone groups is 1. The van der Waals surface area contributed by atoms with Crippen molar-refractivity contribution >= 4 is 40.8 Å². The van der Waals surface area contributed by atoms with Crippen molar-refractivity contribution in [3.63, 3.8) is 0 Å². The minimum atomic E-state index is -4.77. The minimum Gasteiger partial charge on any atom is -0.444 e. The molecule has 3 aromatic carbocycles. The van der Waals surface area contributed by atoms with Crippen LogP contribution in [0.15, 0.2) is 83.2 Å². The second-order valence-corrected chi connectivity index (χ2v) is 13.8. The molecule has 0 radical (unpaired) electrons. The number of carbonyl (C=O) groups is 2. The molecule has 1 fully saturated rings. The van der Waals surface area contributed by atoms with Gasteiger partial charge in [-0.15, -0.1) is 18.3 Å². The molecule has 0 unspecified atom stereocenters. The average molecular weight is 737 g/mol. The van der Waals surface area contributed by atoms with Gasteiger partial charge in [-0.25, -0.2) is 19.5 Å². The number of thioether (sulfide) groups is 1. The smallest absolute Gasteiger partial charge is 0.444 e. The Balaban J connectivity index is 1.20. The normalized spacial score (nSPS) is 14.1. The fourth-order valence-corrected chi connectivity index (χ4v) is 5.78. The monoisotopic (exact) mass is 736 g/mol. The third kappa shape index (κ3) is 10.8. The summed E-state index contributed by atoms with van der Waals surface area (Å²) in [5, 5.41) is 9.28. The average Bonchev–Trinajstić information content (AvgIpc) is 3.58. The third-order valence-corrected chi connectivity index (χ3v) is 8.49. The maximum Gasteiger partial charge on any atom is 0.573 e. The Labute approximate surface area is 303 Å². The van der Waals surface area contributed by atoms with Crippen LogP contribution in [0.4, 0.5) is 23.7 Å². The highest BCUT2D eigenvalue weighted by Gasteiger charge is 2.31. The summed E-state index contributed by atoms with van der Waals surface area (Å²) in [6.45, 7) is 11.0. The predicted octanol–water partition coefficient (Wildman–Crippen LogP) is 6.87. The number of aryl methyl sites for hydroxylation is 2. The van der Waals surface area contributed by atoms with Crippen molar-refractivity contribution in [3.8, 4) is 22.8 Å². The van der Waals surface area contributed by atoms with Crippen LogP contribution in [0.2, 0.25) is 0 Å². The molecule has 0 atom stereocenters. The highest BCUT2D eigenvalue weighted by atomic mass is 32.2. The fourth-order valence-electron chi connectivity index (χ4n) is 5.06. The molecule has 5 rings (SSSR count). The molecule has 52 heavy (non-hydrogen) atoms. The molecule has 0 bridgehead atoms. The highest BCUT2D eigenvalue weighted by molar-refractivity contribution is 8.14. The second-order valence-electron chi connectivity index (χ2n) is 12.8. The molecule has 4 aromatic rings. The standard InChI is InChI=1S/C36H39F3N8O4S/c1-24-7-6-8-25(2)31(24)42-33(52-22-30(48)45-17-19-46(20-18-45)34(49)51-35(3,4)5)43-41-21-26-9-11-27(12-10-26)32-40-23-47(44-32)28-13-15-29(16-14-28)50-36(37,38)39/h6-16,21,23H,17-20,22H2,1-5H3,(H,42,43)/b41-21-. The van der Waals surface area contributed by atoms with Gasteiger partial charge in [0.1, 0.15) is 17.7 Å². The maximum atomic E-state index is 13.2. The zero-order chi connectivity index (χ0) is 37.5. The second kappa shape index (κ2) is 16.3. The lowest BCUT2D eigenvalue weighted by molar-refractivity contribution is -0.274. The van der Waals surface area contributed by atoms with Gasteiger partial charge in [-0.05, 0) is 75.6 Å². The molecule has 12 nitrogen and oxygen atoms in total. The molecular formula is C36H39F3N8O4S. The number of nitrogens with one attached hydrogen (secondary N) is 1. The molecule has 1 saturated heterocycles. The van der Waals surface area contributed by atoms with Crippen LogP contribution >= 0.6 is 11.8 Å². The molecule has 0 aliphatic carbocycles. The molecule has 0 saturated carbocycles. The van der Waals surface area contributed by atoms with Crippen molar-refractivity contribution < 1.29 is 32.2 Å². The summed E-state index contributed by atoms with van der Waals surface area (Å²) in [5.41, 5.74) is 7.16. The number of aliphatic imine (C=N–C) groups is 1. The number of hydrogen-bond acceptors (Lipinski definition) is 9. The number of ether oxygens (including phenoxy) is 2. The SMILES string of the molecule is Cc1cccc(C)c1N=C(N/N=C\c1ccc(-c2ncn(-c3ccc(OC(F)(F)F)cc3)n2)cc1)SCC(=O)N1CCN(C(=O)OC(C)(C)C)CC1. The van der Waals surface area contributed by atoms with Gasteiger partial charge in [-0.3, -0.25) is 10.2 Å². The Morgan fingerprint density at radius 1 is 0.923 bits per heavy atom. The lowest BCUT2D eigenvalue weighted by Gasteiger charge is -2.35. The van der Waals surface area contributed by atoms with E-state index >= 15 is 0 Å². The quantitative estimate of drug-likeness (QED) is 0.118. The Bertz CT molecular complexity index is 1900. The number of rotatable bonds is 8. The first-order valence-electron chi connectivity index (χ1n) is 16.3. The van der Waals surface area contributed by atoms with E-state index in [0.717, 1.165) is 27.9 Å². The van der Waals surface area contributed by atoms with E-state index in [1.54, 1.807) is 16.0 Å². The molecule has 2 heterocycles. The van der Waals surface area contributed by atoms with Gasteiger partial charge in [-0.1, -0.05) is 54.2 Å². The van der Waals surface area contributed by atoms with E-state index in [-0.39, 0.29) is 23.5 Å². The molecular weight excluding hydrogens is 698 g/mol. The van der Waals surface area contributed by atoms with Crippen LogP contribution in [-0.2, 0) is 9.53 Å². The van der Waals surface area contributed by atoms with Crippen LogP contribution < -0.4 is 10.2 Å². The Morgan fingerprint density at radius 3 is 2.17 bits per heavy atom. The number of carbonyl (C=O) groups excluding carboxylic acids is 2. The summed E-state index contributed by atoms with van der Waals surface area (Å²) in [4.78, 5) is 38.1. The van der Waals surface area contributed by atoms with Crippen molar-refractivity contribution in [1.82, 2.24) is 30.0 Å². The molecule has 274 valence electrons. The van der Waals surface area contributed by atoms with Crippen molar-refractivity contribution in [3.05, 3.63) is 89.7 Å². The van der Waals surface area contributed by atoms with Gasteiger partial charge < -0.3 is 19.3 Å². The van der Waals surface area contributed by atoms with Gasteiger partial charge in [0.15, 0.2) is 11.0 Å². The minimum absolute atomic E-state index is 0.0760. The van der Waals surface area contributed by atoms with Crippen LogP contribution in [0.3, 0.4) is 0 Å². The predicted molar refractivity (Wildman–Crippen MR) is 194 cm³/mol. The number of hydrogen-bond donors (Lipinski definition) is 1. The van der Waals surface area contributed by atoms with Gasteiger partial charge >= 0.3 is 12.5 Å². The van der Waals surface area contributed by atoms with Gasteiger partial charge in [0, 0.05) is 31.7 Å². The number of amidine groups is 1. The number of amides is 2. The van der Waals surface area contributed by atoms with Crippen LogP contribution in [-0.4, -0.2) is 91.8 Å². The summed E-state index contributed by atoms with van der Waals surface area (Å²) in [5.74, 6) is 0.144. The van der Waals surface area contributed by atoms with Crippen LogP contribution in [0, 0.1) is 13.8 Å². The molecule has 16 heteroatoms. The van der Waals surface area contributed by atoms with Gasteiger partial charge in [0.25, 0.3) is 0 Å². The van der Waals surface area contributed by atoms with E-state index < -0.39 is 12.0 Å². The number of aromatic nitrogens is 3.